The van der Waals surface area contributed by atoms with Gasteiger partial charge in [-0.2, -0.15) is 8.42 Å². The lowest BCUT2D eigenvalue weighted by Crippen LogP contribution is -2.32. The zero-order valence-corrected chi connectivity index (χ0v) is 12.5. The summed E-state index contributed by atoms with van der Waals surface area (Å²) in [6.07, 6.45) is 4.87. The van der Waals surface area contributed by atoms with Gasteiger partial charge in [0, 0.05) is 18.9 Å². The molecule has 2 heterocycles. The third-order valence-corrected chi connectivity index (χ3v) is 4.53. The molecule has 0 atom stereocenters. The Morgan fingerprint density at radius 1 is 1.40 bits per heavy atom. The molecule has 1 aromatic rings. The molecular formula is C11H10N2O4S3. The molecule has 9 heteroatoms. The Morgan fingerprint density at radius 2 is 2.05 bits per heavy atom. The van der Waals surface area contributed by atoms with Gasteiger partial charge in [-0.15, -0.1) is 0 Å². The number of thioether (sulfide) groups is 1. The molecule has 20 heavy (non-hydrogen) atoms. The van der Waals surface area contributed by atoms with Gasteiger partial charge in [-0.25, -0.2) is 0 Å². The van der Waals surface area contributed by atoms with Gasteiger partial charge in [-0.05, 0) is 23.8 Å². The molecule has 1 aliphatic rings. The number of thiocarbonyl (C=S) groups is 1. The fraction of sp³-hybridized carbons (Fsp3) is 0.182. The maximum atomic E-state index is 12.1. The minimum absolute atomic E-state index is 0.156. The third kappa shape index (κ3) is 3.85. The van der Waals surface area contributed by atoms with Crippen molar-refractivity contribution in [3.05, 3.63) is 35.0 Å². The largest absolute Gasteiger partial charge is 0.292 e. The standard InChI is InChI=1S/C11H10N2O4S3/c14-10-9(7-8-1-3-12-4-2-8)19-11(18)13(10)5-6-20(15,16)17/h1-4,7H,5-6H2,(H,15,16,17). The van der Waals surface area contributed by atoms with Crippen LogP contribution in [0.25, 0.3) is 6.08 Å². The molecular weight excluding hydrogens is 320 g/mol. The van der Waals surface area contributed by atoms with E-state index in [9.17, 15) is 13.2 Å². The average molecular weight is 330 g/mol. The summed E-state index contributed by atoms with van der Waals surface area (Å²) in [7, 11) is -4.13. The number of amides is 1. The van der Waals surface area contributed by atoms with Gasteiger partial charge < -0.3 is 0 Å². The van der Waals surface area contributed by atoms with E-state index < -0.39 is 15.9 Å². The highest BCUT2D eigenvalue weighted by Gasteiger charge is 2.32. The van der Waals surface area contributed by atoms with Crippen molar-refractivity contribution in [1.82, 2.24) is 9.88 Å². The Morgan fingerprint density at radius 3 is 2.65 bits per heavy atom. The smallest absolute Gasteiger partial charge is 0.266 e. The van der Waals surface area contributed by atoms with Crippen LogP contribution in [0.4, 0.5) is 0 Å². The van der Waals surface area contributed by atoms with Crippen LogP contribution < -0.4 is 0 Å². The lowest BCUT2D eigenvalue weighted by Gasteiger charge is -2.12. The highest BCUT2D eigenvalue weighted by Crippen LogP contribution is 2.32. The van der Waals surface area contributed by atoms with Gasteiger partial charge in [0.1, 0.15) is 4.32 Å². The van der Waals surface area contributed by atoms with E-state index in [-0.39, 0.29) is 16.8 Å². The van der Waals surface area contributed by atoms with E-state index in [4.69, 9.17) is 16.8 Å². The van der Waals surface area contributed by atoms with E-state index in [0.717, 1.165) is 17.3 Å². The molecule has 1 saturated heterocycles. The Kier molecular flexibility index (Phi) is 4.53. The first-order chi connectivity index (χ1) is 9.37. The molecule has 0 radical (unpaired) electrons. The van der Waals surface area contributed by atoms with Gasteiger partial charge in [0.25, 0.3) is 16.0 Å². The molecule has 0 unspecified atom stereocenters. The summed E-state index contributed by atoms with van der Waals surface area (Å²) in [6, 6.07) is 3.48. The van der Waals surface area contributed by atoms with E-state index in [1.54, 1.807) is 30.6 Å². The van der Waals surface area contributed by atoms with Gasteiger partial charge in [-0.3, -0.25) is 19.2 Å². The van der Waals surface area contributed by atoms with Crippen molar-refractivity contribution in [2.45, 2.75) is 0 Å². The summed E-state index contributed by atoms with van der Waals surface area (Å²) >= 11 is 6.14. The third-order valence-electron chi connectivity index (χ3n) is 2.45. The second-order valence-corrected chi connectivity index (χ2v) is 7.15. The van der Waals surface area contributed by atoms with Crippen LogP contribution in [0, 0.1) is 0 Å². The highest BCUT2D eigenvalue weighted by atomic mass is 32.2. The van der Waals surface area contributed by atoms with Gasteiger partial charge in [-0.1, -0.05) is 24.0 Å². The second kappa shape index (κ2) is 6.00. The first-order valence-corrected chi connectivity index (χ1v) is 8.31. The van der Waals surface area contributed by atoms with Gasteiger partial charge in [0.05, 0.1) is 10.7 Å². The van der Waals surface area contributed by atoms with Crippen LogP contribution >= 0.6 is 24.0 Å². The molecule has 1 aromatic heterocycles. The van der Waals surface area contributed by atoms with Crippen LogP contribution in [-0.4, -0.2) is 45.4 Å². The predicted molar refractivity (Wildman–Crippen MR) is 80.5 cm³/mol. The summed E-state index contributed by atoms with van der Waals surface area (Å²) in [5.41, 5.74) is 0.801. The predicted octanol–water partition coefficient (Wildman–Crippen LogP) is 1.17. The maximum Gasteiger partial charge on any atom is 0.266 e. The summed E-state index contributed by atoms with van der Waals surface area (Å²) in [5.74, 6) is -0.900. The lowest BCUT2D eigenvalue weighted by molar-refractivity contribution is -0.121. The molecule has 1 aliphatic heterocycles. The second-order valence-electron chi connectivity index (χ2n) is 3.90. The summed E-state index contributed by atoms with van der Waals surface area (Å²) in [6.45, 7) is -0.156. The monoisotopic (exact) mass is 330 g/mol. The Balaban J connectivity index is 2.15. The molecule has 1 amide bonds. The van der Waals surface area contributed by atoms with E-state index in [1.807, 2.05) is 0 Å². The van der Waals surface area contributed by atoms with Gasteiger partial charge >= 0.3 is 0 Å². The number of rotatable bonds is 4. The van der Waals surface area contributed by atoms with Crippen molar-refractivity contribution in [3.8, 4) is 0 Å². The van der Waals surface area contributed by atoms with Crippen LogP contribution in [0.15, 0.2) is 29.4 Å². The lowest BCUT2D eigenvalue weighted by atomic mass is 10.2. The van der Waals surface area contributed by atoms with Crippen LogP contribution in [0.1, 0.15) is 5.56 Å². The molecule has 0 aliphatic carbocycles. The first kappa shape index (κ1) is 15.1. The number of pyridine rings is 1. The van der Waals surface area contributed by atoms with E-state index in [2.05, 4.69) is 4.98 Å². The quantitative estimate of drug-likeness (QED) is 0.504. The minimum Gasteiger partial charge on any atom is -0.292 e. The van der Waals surface area contributed by atoms with E-state index in [0.29, 0.717) is 4.91 Å². The number of aromatic nitrogens is 1. The topological polar surface area (TPSA) is 87.6 Å². The number of hydrogen-bond donors (Lipinski definition) is 1. The SMILES string of the molecule is O=C1C(=Cc2ccncc2)SC(=S)N1CCS(=O)(=O)O. The normalized spacial score (nSPS) is 18.1. The van der Waals surface area contributed by atoms with Crippen molar-refractivity contribution >= 4 is 50.4 Å². The number of hydrogen-bond acceptors (Lipinski definition) is 6. The van der Waals surface area contributed by atoms with Crippen LogP contribution in [0.3, 0.4) is 0 Å². The number of carbonyl (C=O) groups is 1. The van der Waals surface area contributed by atoms with Crippen molar-refractivity contribution in [2.24, 2.45) is 0 Å². The first-order valence-electron chi connectivity index (χ1n) is 5.47. The molecule has 1 fully saturated rings. The average Bonchev–Trinajstić information content (AvgIpc) is 2.63. The minimum atomic E-state index is -4.13. The summed E-state index contributed by atoms with van der Waals surface area (Å²) in [4.78, 5) is 17.5. The fourth-order valence-corrected chi connectivity index (χ4v) is 3.23. The molecule has 0 bridgehead atoms. The zero-order chi connectivity index (χ0) is 14.8. The number of carbonyl (C=O) groups excluding carboxylic acids is 1. The summed E-state index contributed by atoms with van der Waals surface area (Å²) in [5, 5.41) is 0. The van der Waals surface area contributed by atoms with Gasteiger partial charge in [0.15, 0.2) is 0 Å². The maximum absolute atomic E-state index is 12.1. The fourth-order valence-electron chi connectivity index (χ4n) is 1.51. The molecule has 0 spiro atoms. The van der Waals surface area contributed by atoms with Crippen molar-refractivity contribution in [2.75, 3.05) is 12.3 Å². The summed E-state index contributed by atoms with van der Waals surface area (Å²) < 4.78 is 30.4. The molecule has 0 aromatic carbocycles. The van der Waals surface area contributed by atoms with E-state index in [1.165, 1.54) is 4.90 Å². The van der Waals surface area contributed by atoms with Crippen molar-refractivity contribution < 1.29 is 17.8 Å². The molecule has 106 valence electrons. The molecule has 6 nitrogen and oxygen atoms in total. The highest BCUT2D eigenvalue weighted by molar-refractivity contribution is 8.26. The van der Waals surface area contributed by atoms with Crippen LogP contribution in [0.2, 0.25) is 0 Å². The van der Waals surface area contributed by atoms with E-state index >= 15 is 0 Å². The van der Waals surface area contributed by atoms with Crippen molar-refractivity contribution in [3.63, 3.8) is 0 Å². The zero-order valence-electron chi connectivity index (χ0n) is 10.1. The molecule has 2 rings (SSSR count). The Bertz CT molecular complexity index is 670. The van der Waals surface area contributed by atoms with Crippen molar-refractivity contribution in [1.29, 1.82) is 0 Å². The molecule has 0 saturated carbocycles. The van der Waals surface area contributed by atoms with Crippen LogP contribution in [0.5, 0.6) is 0 Å². The Hall–Kier alpha value is -1.29. The Labute approximate surface area is 125 Å². The number of nitrogens with zero attached hydrogens (tertiary/aromatic N) is 2. The molecule has 1 N–H and O–H groups in total. The van der Waals surface area contributed by atoms with Gasteiger partial charge in [0.2, 0.25) is 0 Å². The van der Waals surface area contributed by atoms with Crippen LogP contribution in [-0.2, 0) is 14.9 Å².